The van der Waals surface area contributed by atoms with Gasteiger partial charge in [0.2, 0.25) is 0 Å². The van der Waals surface area contributed by atoms with Crippen LogP contribution >= 0.6 is 0 Å². The summed E-state index contributed by atoms with van der Waals surface area (Å²) in [5.74, 6) is 0.425. The molecule has 7 nitrogen and oxygen atoms in total. The first kappa shape index (κ1) is 18.8. The number of para-hydroxylation sites is 2. The van der Waals surface area contributed by atoms with Crippen molar-refractivity contribution in [2.45, 2.75) is 51.6 Å². The van der Waals surface area contributed by atoms with Crippen LogP contribution in [0.25, 0.3) is 22.1 Å². The topological polar surface area (TPSA) is 77.6 Å². The van der Waals surface area contributed by atoms with Crippen molar-refractivity contribution < 1.29 is 4.79 Å². The Morgan fingerprint density at radius 1 is 1.27 bits per heavy atom. The third-order valence-corrected chi connectivity index (χ3v) is 5.70. The number of amides is 1. The molecule has 0 unspecified atom stereocenters. The highest BCUT2D eigenvalue weighted by atomic mass is 16.1. The number of imidazole rings is 1. The number of fused-ring (bicyclic) bond motifs is 2. The van der Waals surface area contributed by atoms with E-state index >= 15 is 0 Å². The van der Waals surface area contributed by atoms with Gasteiger partial charge in [0.05, 0.1) is 34.5 Å². The first-order chi connectivity index (χ1) is 14.6. The van der Waals surface area contributed by atoms with Gasteiger partial charge in [-0.25, -0.2) is 14.6 Å². The molecule has 0 radical (unpaired) electrons. The minimum atomic E-state index is -0.0527. The van der Waals surface area contributed by atoms with E-state index in [-0.39, 0.29) is 11.9 Å². The summed E-state index contributed by atoms with van der Waals surface area (Å²) in [6.07, 6.45) is 6.76. The van der Waals surface area contributed by atoms with Crippen LogP contribution in [-0.4, -0.2) is 36.8 Å². The Balaban J connectivity index is 1.31. The number of rotatable bonds is 7. The maximum absolute atomic E-state index is 13.0. The van der Waals surface area contributed by atoms with Crippen LogP contribution in [0, 0.1) is 0 Å². The van der Waals surface area contributed by atoms with Crippen molar-refractivity contribution in [1.82, 2.24) is 29.6 Å². The Morgan fingerprint density at radius 3 is 2.90 bits per heavy atom. The number of hydrogen-bond acceptors (Lipinski definition) is 4. The van der Waals surface area contributed by atoms with Crippen molar-refractivity contribution in [3.8, 4) is 0 Å². The van der Waals surface area contributed by atoms with Crippen LogP contribution in [0.3, 0.4) is 0 Å². The van der Waals surface area contributed by atoms with Crippen molar-refractivity contribution in [3.05, 3.63) is 54.1 Å². The van der Waals surface area contributed by atoms with Crippen LogP contribution in [-0.2, 0) is 6.54 Å². The summed E-state index contributed by atoms with van der Waals surface area (Å²) in [4.78, 5) is 22.3. The molecule has 0 saturated heterocycles. The number of nitrogens with zero attached hydrogens (tertiary/aromatic N) is 5. The Morgan fingerprint density at radius 2 is 2.10 bits per heavy atom. The maximum atomic E-state index is 13.0. The zero-order valence-corrected chi connectivity index (χ0v) is 17.4. The summed E-state index contributed by atoms with van der Waals surface area (Å²) in [5.41, 5.74) is 4.62. The molecule has 3 heterocycles. The normalized spacial score (nSPS) is 14.1. The van der Waals surface area contributed by atoms with Crippen molar-refractivity contribution >= 4 is 28.0 Å². The van der Waals surface area contributed by atoms with Crippen LogP contribution in [0.15, 0.2) is 42.9 Å². The standard InChI is InChI=1S/C23H26N6O/c1-15(2)29-22-18(13-26-29)17(12-20(27-22)16-8-9-16)23(30)24-10-5-11-28-14-25-19-6-3-4-7-21(19)28/h3-4,6-7,12-16H,5,8-11H2,1-2H3,(H,24,30). The summed E-state index contributed by atoms with van der Waals surface area (Å²) in [6, 6.07) is 10.3. The first-order valence-corrected chi connectivity index (χ1v) is 10.7. The summed E-state index contributed by atoms with van der Waals surface area (Å²) in [7, 11) is 0. The minimum absolute atomic E-state index is 0.0527. The highest BCUT2D eigenvalue weighted by Gasteiger charge is 2.28. The lowest BCUT2D eigenvalue weighted by atomic mass is 10.1. The Hall–Kier alpha value is -3.22. The Bertz CT molecular complexity index is 1220. The van der Waals surface area contributed by atoms with Gasteiger partial charge in [-0.05, 0) is 51.3 Å². The number of hydrogen-bond donors (Lipinski definition) is 1. The maximum Gasteiger partial charge on any atom is 0.252 e. The lowest BCUT2D eigenvalue weighted by molar-refractivity contribution is 0.0954. The minimum Gasteiger partial charge on any atom is -0.352 e. The van der Waals surface area contributed by atoms with E-state index in [1.54, 1.807) is 6.20 Å². The summed E-state index contributed by atoms with van der Waals surface area (Å²) >= 11 is 0. The van der Waals surface area contributed by atoms with Crippen LogP contribution in [0.4, 0.5) is 0 Å². The smallest absolute Gasteiger partial charge is 0.252 e. The van der Waals surface area contributed by atoms with E-state index in [1.807, 2.05) is 35.3 Å². The molecule has 7 heteroatoms. The molecule has 1 N–H and O–H groups in total. The van der Waals surface area contributed by atoms with E-state index in [4.69, 9.17) is 4.98 Å². The molecular formula is C23H26N6O. The number of nitrogens with one attached hydrogen (secondary N) is 1. The predicted molar refractivity (Wildman–Crippen MR) is 117 cm³/mol. The van der Waals surface area contributed by atoms with Crippen molar-refractivity contribution in [3.63, 3.8) is 0 Å². The molecule has 154 valence electrons. The third-order valence-electron chi connectivity index (χ3n) is 5.70. The fourth-order valence-electron chi connectivity index (χ4n) is 3.93. The highest BCUT2D eigenvalue weighted by Crippen LogP contribution is 2.40. The number of aromatic nitrogens is 5. The predicted octanol–water partition coefficient (Wildman–Crippen LogP) is 4.06. The molecule has 0 spiro atoms. The highest BCUT2D eigenvalue weighted by molar-refractivity contribution is 6.05. The van der Waals surface area contributed by atoms with E-state index in [2.05, 4.69) is 39.9 Å². The van der Waals surface area contributed by atoms with Gasteiger partial charge in [0.15, 0.2) is 5.65 Å². The zero-order chi connectivity index (χ0) is 20.7. The molecule has 1 saturated carbocycles. The average molecular weight is 403 g/mol. The lowest BCUT2D eigenvalue weighted by Gasteiger charge is -2.11. The molecule has 5 rings (SSSR count). The van der Waals surface area contributed by atoms with E-state index in [1.165, 1.54) is 0 Å². The third kappa shape index (κ3) is 3.44. The summed E-state index contributed by atoms with van der Waals surface area (Å²) in [5, 5.41) is 8.40. The van der Waals surface area contributed by atoms with E-state index in [0.717, 1.165) is 53.6 Å². The molecule has 1 aliphatic rings. The summed E-state index contributed by atoms with van der Waals surface area (Å²) < 4.78 is 4.03. The number of aryl methyl sites for hydroxylation is 1. The van der Waals surface area contributed by atoms with Gasteiger partial charge >= 0.3 is 0 Å². The second-order valence-corrected chi connectivity index (χ2v) is 8.33. The quantitative estimate of drug-likeness (QED) is 0.473. The number of carbonyl (C=O) groups excluding carboxylic acids is 1. The molecule has 1 fully saturated rings. The number of pyridine rings is 1. The summed E-state index contributed by atoms with van der Waals surface area (Å²) in [6.45, 7) is 5.58. The SMILES string of the molecule is CC(C)n1ncc2c(C(=O)NCCCn3cnc4ccccc43)cc(C3CC3)nc21. The monoisotopic (exact) mass is 402 g/mol. The largest absolute Gasteiger partial charge is 0.352 e. The second kappa shape index (κ2) is 7.55. The van der Waals surface area contributed by atoms with Crippen molar-refractivity contribution in [1.29, 1.82) is 0 Å². The fourth-order valence-corrected chi connectivity index (χ4v) is 3.93. The van der Waals surface area contributed by atoms with Gasteiger partial charge in [-0.1, -0.05) is 12.1 Å². The number of carbonyl (C=O) groups is 1. The molecule has 0 atom stereocenters. The van der Waals surface area contributed by atoms with Gasteiger partial charge in [0.25, 0.3) is 5.91 Å². The molecule has 1 aromatic carbocycles. The molecule has 1 aliphatic carbocycles. The van der Waals surface area contributed by atoms with E-state index in [9.17, 15) is 4.79 Å². The molecule has 3 aromatic heterocycles. The van der Waals surface area contributed by atoms with Crippen LogP contribution in [0.5, 0.6) is 0 Å². The lowest BCUT2D eigenvalue weighted by Crippen LogP contribution is -2.25. The van der Waals surface area contributed by atoms with Gasteiger partial charge in [-0.15, -0.1) is 0 Å². The van der Waals surface area contributed by atoms with Crippen molar-refractivity contribution in [2.75, 3.05) is 6.54 Å². The Kier molecular flexibility index (Phi) is 4.73. The van der Waals surface area contributed by atoms with Gasteiger partial charge < -0.3 is 9.88 Å². The van der Waals surface area contributed by atoms with Crippen molar-refractivity contribution in [2.24, 2.45) is 0 Å². The molecule has 0 bridgehead atoms. The molecule has 0 aliphatic heterocycles. The second-order valence-electron chi connectivity index (χ2n) is 8.33. The van der Waals surface area contributed by atoms with Gasteiger partial charge in [0.1, 0.15) is 0 Å². The Labute approximate surface area is 175 Å². The number of benzene rings is 1. The zero-order valence-electron chi connectivity index (χ0n) is 17.4. The fraction of sp³-hybridized carbons (Fsp3) is 0.391. The molecule has 4 aromatic rings. The van der Waals surface area contributed by atoms with Gasteiger partial charge in [-0.2, -0.15) is 5.10 Å². The molecular weight excluding hydrogens is 376 g/mol. The first-order valence-electron chi connectivity index (χ1n) is 10.7. The average Bonchev–Trinajstić information content (AvgIpc) is 3.38. The van der Waals surface area contributed by atoms with Crippen LogP contribution in [0.2, 0.25) is 0 Å². The molecule has 30 heavy (non-hydrogen) atoms. The van der Waals surface area contributed by atoms with Gasteiger partial charge in [-0.3, -0.25) is 4.79 Å². The van der Waals surface area contributed by atoms with Gasteiger partial charge in [0, 0.05) is 30.7 Å². The van der Waals surface area contributed by atoms with E-state index in [0.29, 0.717) is 18.0 Å². The molecule has 1 amide bonds. The van der Waals surface area contributed by atoms with Crippen LogP contribution < -0.4 is 5.32 Å². The van der Waals surface area contributed by atoms with E-state index < -0.39 is 0 Å². The van der Waals surface area contributed by atoms with Crippen LogP contribution in [0.1, 0.15) is 61.1 Å².